The van der Waals surface area contributed by atoms with Gasteiger partial charge >= 0.3 is 0 Å². The molecule has 0 aliphatic carbocycles. The third-order valence-corrected chi connectivity index (χ3v) is 4.60. The molecule has 164 valence electrons. The predicted molar refractivity (Wildman–Crippen MR) is 124 cm³/mol. The Hall–Kier alpha value is -4.26. The summed E-state index contributed by atoms with van der Waals surface area (Å²) < 4.78 is 10.4. The van der Waals surface area contributed by atoms with E-state index in [0.29, 0.717) is 28.4 Å². The van der Waals surface area contributed by atoms with Crippen molar-refractivity contribution in [3.05, 3.63) is 90.1 Å². The van der Waals surface area contributed by atoms with Gasteiger partial charge in [0.1, 0.15) is 11.5 Å². The van der Waals surface area contributed by atoms with Gasteiger partial charge in [0.2, 0.25) is 5.91 Å². The number of carbonyl (C=O) groups is 2. The lowest BCUT2D eigenvalue weighted by Crippen LogP contribution is -2.36. The number of carbonyl (C=O) groups excluding carboxylic acids is 2. The molecule has 3 aromatic carbocycles. The van der Waals surface area contributed by atoms with Crippen molar-refractivity contribution in [2.75, 3.05) is 19.5 Å². The molecule has 0 saturated carbocycles. The Kier molecular flexibility index (Phi) is 7.48. The lowest BCUT2D eigenvalue weighted by Gasteiger charge is -2.12. The summed E-state index contributed by atoms with van der Waals surface area (Å²) in [7, 11) is 3.02. The maximum absolute atomic E-state index is 12.5. The van der Waals surface area contributed by atoms with Crippen LogP contribution >= 0.6 is 0 Å². The molecule has 0 aliphatic heterocycles. The van der Waals surface area contributed by atoms with Gasteiger partial charge in [-0.15, -0.1) is 0 Å². The maximum atomic E-state index is 12.5. The number of hydrogen-bond acceptors (Lipinski definition) is 5. The van der Waals surface area contributed by atoms with Gasteiger partial charge in [-0.1, -0.05) is 48.5 Å². The number of benzene rings is 3. The molecule has 0 aliphatic rings. The van der Waals surface area contributed by atoms with E-state index in [2.05, 4.69) is 16.2 Å². The Bertz CT molecular complexity index is 1100. The number of allylic oxidation sites excluding steroid dienone is 1. The molecule has 32 heavy (non-hydrogen) atoms. The van der Waals surface area contributed by atoms with Crippen molar-refractivity contribution in [3.8, 4) is 22.6 Å². The zero-order valence-electron chi connectivity index (χ0n) is 18.1. The number of nitrogens with one attached hydrogen (secondary N) is 3. The third kappa shape index (κ3) is 5.89. The van der Waals surface area contributed by atoms with Gasteiger partial charge in [0.15, 0.2) is 0 Å². The first-order valence-electron chi connectivity index (χ1n) is 9.93. The van der Waals surface area contributed by atoms with E-state index in [0.717, 1.165) is 11.1 Å². The predicted octanol–water partition coefficient (Wildman–Crippen LogP) is 4.15. The summed E-state index contributed by atoms with van der Waals surface area (Å²) in [5.41, 5.74) is 8.72. The van der Waals surface area contributed by atoms with Crippen molar-refractivity contribution in [2.45, 2.75) is 6.92 Å². The van der Waals surface area contributed by atoms with Gasteiger partial charge in [-0.3, -0.25) is 15.0 Å². The van der Waals surface area contributed by atoms with Crippen LogP contribution in [-0.4, -0.2) is 26.0 Å². The Morgan fingerprint density at radius 3 is 2.09 bits per heavy atom. The number of ether oxygens (including phenoxy) is 2. The molecule has 7 heteroatoms. The van der Waals surface area contributed by atoms with E-state index in [9.17, 15) is 9.59 Å². The third-order valence-electron chi connectivity index (χ3n) is 4.60. The second kappa shape index (κ2) is 10.7. The van der Waals surface area contributed by atoms with Crippen LogP contribution in [0.5, 0.6) is 11.5 Å². The second-order valence-electron chi connectivity index (χ2n) is 6.91. The van der Waals surface area contributed by atoms with Gasteiger partial charge < -0.3 is 20.2 Å². The summed E-state index contributed by atoms with van der Waals surface area (Å²) in [6.07, 6.45) is 1.37. The molecule has 7 nitrogen and oxygen atoms in total. The highest BCUT2D eigenvalue weighted by molar-refractivity contribution is 6.02. The van der Waals surface area contributed by atoms with Gasteiger partial charge in [0.05, 0.1) is 14.2 Å². The molecule has 0 aromatic heterocycles. The zero-order chi connectivity index (χ0) is 22.9. The first-order chi connectivity index (χ1) is 15.5. The number of hydrazine groups is 1. The minimum atomic E-state index is -0.398. The summed E-state index contributed by atoms with van der Waals surface area (Å²) in [5.74, 6) is 0.275. The fourth-order valence-corrected chi connectivity index (χ4v) is 3.03. The van der Waals surface area contributed by atoms with E-state index in [1.54, 1.807) is 25.1 Å². The minimum Gasteiger partial charge on any atom is -0.497 e. The number of rotatable bonds is 8. The summed E-state index contributed by atoms with van der Waals surface area (Å²) in [4.78, 5) is 25.0. The van der Waals surface area contributed by atoms with Gasteiger partial charge in [0.25, 0.3) is 5.91 Å². The zero-order valence-corrected chi connectivity index (χ0v) is 18.1. The van der Waals surface area contributed by atoms with E-state index in [4.69, 9.17) is 9.47 Å². The van der Waals surface area contributed by atoms with Crippen LogP contribution in [0, 0.1) is 0 Å². The quantitative estimate of drug-likeness (QED) is 0.368. The summed E-state index contributed by atoms with van der Waals surface area (Å²) in [5, 5.41) is 2.89. The molecule has 0 fully saturated rings. The molecule has 3 rings (SSSR count). The molecule has 0 atom stereocenters. The standard InChI is InChI=1S/C25H25N3O4/c1-17(27-28-25(30)19-14-20(31-2)16-21(15-19)32-3)13-24(29)26-23-12-8-7-11-22(23)18-9-5-4-6-10-18/h4-16,27H,1-3H3,(H,26,29)(H,28,30)/b17-13-. The topological polar surface area (TPSA) is 88.7 Å². The molecule has 0 bridgehead atoms. The lowest BCUT2D eigenvalue weighted by molar-refractivity contribution is -0.112. The normalized spacial score (nSPS) is 10.8. The molecular formula is C25H25N3O4. The first-order valence-corrected chi connectivity index (χ1v) is 9.93. The summed E-state index contributed by atoms with van der Waals surface area (Å²) in [6.45, 7) is 1.68. The van der Waals surface area contributed by atoms with Crippen LogP contribution in [0.15, 0.2) is 84.6 Å². The van der Waals surface area contributed by atoms with Crippen molar-refractivity contribution in [1.29, 1.82) is 0 Å². The average Bonchev–Trinajstić information content (AvgIpc) is 2.82. The molecule has 0 spiro atoms. The maximum Gasteiger partial charge on any atom is 0.269 e. The number of methoxy groups -OCH3 is 2. The van der Waals surface area contributed by atoms with Crippen LogP contribution in [-0.2, 0) is 4.79 Å². The molecule has 0 radical (unpaired) electrons. The first kappa shape index (κ1) is 22.4. The Morgan fingerprint density at radius 1 is 0.812 bits per heavy atom. The number of amides is 2. The molecular weight excluding hydrogens is 406 g/mol. The lowest BCUT2D eigenvalue weighted by atomic mass is 10.0. The van der Waals surface area contributed by atoms with Crippen molar-refractivity contribution >= 4 is 17.5 Å². The SMILES string of the molecule is COc1cc(OC)cc(C(=O)NN/C(C)=C\C(=O)Nc2ccccc2-c2ccccc2)c1. The van der Waals surface area contributed by atoms with Gasteiger partial charge in [0, 0.05) is 34.7 Å². The monoisotopic (exact) mass is 431 g/mol. The van der Waals surface area contributed by atoms with Crippen LogP contribution in [0.4, 0.5) is 5.69 Å². The van der Waals surface area contributed by atoms with Crippen molar-refractivity contribution in [2.24, 2.45) is 0 Å². The van der Waals surface area contributed by atoms with Crippen LogP contribution < -0.4 is 25.6 Å². The highest BCUT2D eigenvalue weighted by Crippen LogP contribution is 2.27. The smallest absolute Gasteiger partial charge is 0.269 e. The highest BCUT2D eigenvalue weighted by Gasteiger charge is 2.10. The van der Waals surface area contributed by atoms with Crippen molar-refractivity contribution in [1.82, 2.24) is 10.9 Å². The Labute approximate surface area is 187 Å². The van der Waals surface area contributed by atoms with Crippen LogP contribution in [0.3, 0.4) is 0 Å². The van der Waals surface area contributed by atoms with E-state index in [1.807, 2.05) is 54.6 Å². The molecule has 3 N–H and O–H groups in total. The fourth-order valence-electron chi connectivity index (χ4n) is 3.03. The van der Waals surface area contributed by atoms with E-state index in [1.165, 1.54) is 20.3 Å². The van der Waals surface area contributed by atoms with Gasteiger partial charge in [-0.2, -0.15) is 0 Å². The molecule has 0 saturated heterocycles. The molecule has 0 unspecified atom stereocenters. The van der Waals surface area contributed by atoms with Crippen LogP contribution in [0.2, 0.25) is 0 Å². The van der Waals surface area contributed by atoms with Crippen LogP contribution in [0.25, 0.3) is 11.1 Å². The van der Waals surface area contributed by atoms with Gasteiger partial charge in [-0.05, 0) is 30.7 Å². The number of hydrogen-bond donors (Lipinski definition) is 3. The van der Waals surface area contributed by atoms with E-state index < -0.39 is 5.91 Å². The largest absolute Gasteiger partial charge is 0.497 e. The average molecular weight is 431 g/mol. The number of anilines is 1. The molecule has 2 amide bonds. The highest BCUT2D eigenvalue weighted by atomic mass is 16.5. The Balaban J connectivity index is 1.64. The van der Waals surface area contributed by atoms with Crippen LogP contribution in [0.1, 0.15) is 17.3 Å². The summed E-state index contributed by atoms with van der Waals surface area (Å²) in [6, 6.07) is 22.2. The minimum absolute atomic E-state index is 0.323. The second-order valence-corrected chi connectivity index (χ2v) is 6.91. The van der Waals surface area contributed by atoms with Crippen molar-refractivity contribution < 1.29 is 19.1 Å². The summed E-state index contributed by atoms with van der Waals surface area (Å²) >= 11 is 0. The van der Waals surface area contributed by atoms with E-state index >= 15 is 0 Å². The molecule has 0 heterocycles. The number of para-hydroxylation sites is 1. The van der Waals surface area contributed by atoms with Crippen molar-refractivity contribution in [3.63, 3.8) is 0 Å². The van der Waals surface area contributed by atoms with E-state index in [-0.39, 0.29) is 5.91 Å². The van der Waals surface area contributed by atoms with Gasteiger partial charge in [-0.25, -0.2) is 0 Å². The Morgan fingerprint density at radius 2 is 1.44 bits per heavy atom. The fraction of sp³-hybridized carbons (Fsp3) is 0.120. The molecule has 3 aromatic rings.